The highest BCUT2D eigenvalue weighted by atomic mass is 16.5. The number of amides is 1. The quantitative estimate of drug-likeness (QED) is 0.778. The van der Waals surface area contributed by atoms with Gasteiger partial charge in [-0.05, 0) is 13.8 Å². The maximum absolute atomic E-state index is 12.2. The van der Waals surface area contributed by atoms with Gasteiger partial charge in [-0.25, -0.2) is 4.79 Å². The summed E-state index contributed by atoms with van der Waals surface area (Å²) >= 11 is 0. The first kappa shape index (κ1) is 17.0. The maximum Gasteiger partial charge on any atom is 0.359 e. The van der Waals surface area contributed by atoms with Gasteiger partial charge in [-0.3, -0.25) is 14.7 Å². The minimum absolute atomic E-state index is 0.0617. The lowest BCUT2D eigenvalue weighted by Crippen LogP contribution is -2.36. The lowest BCUT2D eigenvalue weighted by atomic mass is 10.0. The van der Waals surface area contributed by atoms with E-state index in [1.807, 2.05) is 0 Å². The topological polar surface area (TPSA) is 102 Å². The molecule has 0 atom stereocenters. The van der Waals surface area contributed by atoms with Crippen molar-refractivity contribution in [3.8, 4) is 0 Å². The predicted octanol–water partition coefficient (Wildman–Crippen LogP) is 0.814. The summed E-state index contributed by atoms with van der Waals surface area (Å²) in [6, 6.07) is 0. The maximum atomic E-state index is 12.2. The van der Waals surface area contributed by atoms with Gasteiger partial charge in [0, 0.05) is 37.2 Å². The summed E-state index contributed by atoms with van der Waals surface area (Å²) in [6.45, 7) is 4.84. The van der Waals surface area contributed by atoms with Crippen LogP contribution < -0.4 is 0 Å². The summed E-state index contributed by atoms with van der Waals surface area (Å²) < 4.78 is 9.78. The Balaban J connectivity index is 1.99. The first-order valence-corrected chi connectivity index (χ1v) is 7.73. The van der Waals surface area contributed by atoms with Crippen LogP contribution in [0.3, 0.4) is 0 Å². The van der Waals surface area contributed by atoms with E-state index in [-0.39, 0.29) is 37.0 Å². The predicted molar refractivity (Wildman–Crippen MR) is 79.5 cm³/mol. The number of hydrogen-bond acceptors (Lipinski definition) is 6. The molecule has 1 amide bonds. The second-order valence-electron chi connectivity index (χ2n) is 5.12. The molecule has 0 aliphatic carbocycles. The Morgan fingerprint density at radius 1 is 1.17 bits per heavy atom. The number of aromatic amines is 1. The fourth-order valence-electron chi connectivity index (χ4n) is 2.48. The van der Waals surface area contributed by atoms with Crippen LogP contribution in [0.1, 0.15) is 48.4 Å². The van der Waals surface area contributed by atoms with Gasteiger partial charge in [0.05, 0.1) is 19.6 Å². The lowest BCUT2D eigenvalue weighted by molar-refractivity contribution is -0.145. The molecule has 1 N–H and O–H groups in total. The second kappa shape index (κ2) is 7.75. The Morgan fingerprint density at radius 2 is 1.91 bits per heavy atom. The smallest absolute Gasteiger partial charge is 0.359 e. The van der Waals surface area contributed by atoms with E-state index in [9.17, 15) is 14.4 Å². The molecule has 1 aromatic heterocycles. The van der Waals surface area contributed by atoms with Crippen molar-refractivity contribution in [1.29, 1.82) is 0 Å². The molecule has 0 fully saturated rings. The van der Waals surface area contributed by atoms with Crippen molar-refractivity contribution in [2.45, 2.75) is 39.7 Å². The molecule has 0 radical (unpaired) electrons. The third-order valence-electron chi connectivity index (χ3n) is 3.60. The Labute approximate surface area is 134 Å². The molecule has 1 aliphatic heterocycles. The van der Waals surface area contributed by atoms with Gasteiger partial charge in [0.1, 0.15) is 0 Å². The third-order valence-corrected chi connectivity index (χ3v) is 3.60. The van der Waals surface area contributed by atoms with E-state index in [0.717, 1.165) is 5.69 Å². The number of hydrogen-bond donors (Lipinski definition) is 1. The first-order valence-electron chi connectivity index (χ1n) is 7.73. The van der Waals surface area contributed by atoms with Gasteiger partial charge in [-0.15, -0.1) is 0 Å². The van der Waals surface area contributed by atoms with Gasteiger partial charge in [-0.2, -0.15) is 5.10 Å². The molecule has 1 aliphatic rings. The molecule has 0 unspecified atom stereocenters. The number of rotatable bonds is 6. The molecular formula is C15H21N3O5. The molecule has 0 aromatic carbocycles. The van der Waals surface area contributed by atoms with Crippen LogP contribution in [-0.2, 0) is 32.0 Å². The Hall–Kier alpha value is -2.38. The Bertz CT molecular complexity index is 596. The van der Waals surface area contributed by atoms with Crippen molar-refractivity contribution < 1.29 is 23.9 Å². The number of ether oxygens (including phenoxy) is 2. The summed E-state index contributed by atoms with van der Waals surface area (Å²) in [5.41, 5.74) is 1.77. The minimum atomic E-state index is -0.495. The Kier molecular flexibility index (Phi) is 5.72. The molecule has 23 heavy (non-hydrogen) atoms. The SMILES string of the molecule is CCOC(=O)CCC(=O)N1CCc2[nH]nc(C(=O)OCC)c2C1. The zero-order chi connectivity index (χ0) is 16.8. The van der Waals surface area contributed by atoms with Crippen molar-refractivity contribution in [3.63, 3.8) is 0 Å². The van der Waals surface area contributed by atoms with Gasteiger partial charge >= 0.3 is 11.9 Å². The largest absolute Gasteiger partial charge is 0.466 e. The highest BCUT2D eigenvalue weighted by Gasteiger charge is 2.28. The molecule has 2 rings (SSSR count). The van der Waals surface area contributed by atoms with Crippen LogP contribution in [0.2, 0.25) is 0 Å². The average Bonchev–Trinajstić information content (AvgIpc) is 2.96. The summed E-state index contributed by atoms with van der Waals surface area (Å²) in [6.07, 6.45) is 0.750. The monoisotopic (exact) mass is 323 g/mol. The standard InChI is InChI=1S/C15H21N3O5/c1-3-22-13(20)6-5-12(19)18-8-7-11-10(9-18)14(17-16-11)15(21)23-4-2/h3-9H2,1-2H3,(H,16,17). The second-order valence-corrected chi connectivity index (χ2v) is 5.12. The van der Waals surface area contributed by atoms with E-state index < -0.39 is 5.97 Å². The molecule has 8 nitrogen and oxygen atoms in total. The summed E-state index contributed by atoms with van der Waals surface area (Å²) in [5, 5.41) is 6.83. The van der Waals surface area contributed by atoms with Crippen molar-refractivity contribution in [2.24, 2.45) is 0 Å². The first-order chi connectivity index (χ1) is 11.1. The molecular weight excluding hydrogens is 302 g/mol. The fraction of sp³-hybridized carbons (Fsp3) is 0.600. The van der Waals surface area contributed by atoms with Crippen molar-refractivity contribution in [3.05, 3.63) is 17.0 Å². The van der Waals surface area contributed by atoms with Crippen molar-refractivity contribution in [1.82, 2.24) is 15.1 Å². The molecule has 0 spiro atoms. The minimum Gasteiger partial charge on any atom is -0.466 e. The highest BCUT2D eigenvalue weighted by Crippen LogP contribution is 2.21. The number of carbonyl (C=O) groups excluding carboxylic acids is 3. The lowest BCUT2D eigenvalue weighted by Gasteiger charge is -2.27. The van der Waals surface area contributed by atoms with E-state index in [1.165, 1.54) is 0 Å². The van der Waals surface area contributed by atoms with Crippen LogP contribution in [-0.4, -0.2) is 52.7 Å². The molecule has 0 saturated carbocycles. The van der Waals surface area contributed by atoms with Crippen LogP contribution in [0.4, 0.5) is 0 Å². The number of H-pyrrole nitrogens is 1. The summed E-state index contributed by atoms with van der Waals surface area (Å²) in [4.78, 5) is 37.0. The summed E-state index contributed by atoms with van der Waals surface area (Å²) in [5.74, 6) is -1.01. The van der Waals surface area contributed by atoms with Crippen LogP contribution >= 0.6 is 0 Å². The summed E-state index contributed by atoms with van der Waals surface area (Å²) in [7, 11) is 0. The van der Waals surface area contributed by atoms with E-state index in [1.54, 1.807) is 18.7 Å². The fourth-order valence-corrected chi connectivity index (χ4v) is 2.48. The molecule has 8 heteroatoms. The molecule has 126 valence electrons. The van der Waals surface area contributed by atoms with Crippen molar-refractivity contribution in [2.75, 3.05) is 19.8 Å². The van der Waals surface area contributed by atoms with Gasteiger partial charge in [-0.1, -0.05) is 0 Å². The van der Waals surface area contributed by atoms with Gasteiger partial charge in [0.25, 0.3) is 0 Å². The van der Waals surface area contributed by atoms with E-state index in [4.69, 9.17) is 9.47 Å². The highest BCUT2D eigenvalue weighted by molar-refractivity contribution is 5.89. The zero-order valence-corrected chi connectivity index (χ0v) is 13.4. The normalized spacial score (nSPS) is 13.4. The number of fused-ring (bicyclic) bond motifs is 1. The Morgan fingerprint density at radius 3 is 2.61 bits per heavy atom. The number of nitrogens with one attached hydrogen (secondary N) is 1. The van der Waals surface area contributed by atoms with E-state index in [0.29, 0.717) is 31.7 Å². The van der Waals surface area contributed by atoms with Crippen LogP contribution in [0.15, 0.2) is 0 Å². The van der Waals surface area contributed by atoms with Gasteiger partial charge in [0.2, 0.25) is 5.91 Å². The van der Waals surface area contributed by atoms with E-state index >= 15 is 0 Å². The average molecular weight is 323 g/mol. The molecule has 2 heterocycles. The number of carbonyl (C=O) groups is 3. The van der Waals surface area contributed by atoms with Crippen LogP contribution in [0.5, 0.6) is 0 Å². The van der Waals surface area contributed by atoms with Crippen LogP contribution in [0.25, 0.3) is 0 Å². The third kappa shape index (κ3) is 4.08. The molecule has 0 bridgehead atoms. The van der Waals surface area contributed by atoms with E-state index in [2.05, 4.69) is 10.2 Å². The van der Waals surface area contributed by atoms with Crippen molar-refractivity contribution >= 4 is 17.8 Å². The van der Waals surface area contributed by atoms with Gasteiger partial charge in [0.15, 0.2) is 5.69 Å². The molecule has 0 saturated heterocycles. The number of esters is 2. The van der Waals surface area contributed by atoms with Gasteiger partial charge < -0.3 is 14.4 Å². The zero-order valence-electron chi connectivity index (χ0n) is 13.4. The number of nitrogens with zero attached hydrogens (tertiary/aromatic N) is 2. The number of aromatic nitrogens is 2. The van der Waals surface area contributed by atoms with Crippen LogP contribution in [0, 0.1) is 0 Å². The molecule has 1 aromatic rings.